The fourth-order valence-electron chi connectivity index (χ4n) is 3.25. The average molecular weight is 402 g/mol. The normalized spacial score (nSPS) is 11.1. The highest BCUT2D eigenvalue weighted by atomic mass is 15.2. The Bertz CT molecular complexity index is 935. The molecule has 0 unspecified atom stereocenters. The minimum atomic E-state index is 0.735. The van der Waals surface area contributed by atoms with Gasteiger partial charge in [0, 0.05) is 37.5 Å². The second-order valence-electron chi connectivity index (χ2n) is 7.57. The molecule has 0 aliphatic rings. The largest absolute Gasteiger partial charge is 0.371 e. The van der Waals surface area contributed by atoms with Gasteiger partial charge in [-0.3, -0.25) is 15.0 Å². The monoisotopic (exact) mass is 401 g/mol. The molecule has 0 aliphatic carbocycles. The highest BCUT2D eigenvalue weighted by Gasteiger charge is 2.10. The van der Waals surface area contributed by atoms with E-state index in [0.29, 0.717) is 0 Å². The Labute approximate surface area is 180 Å². The van der Waals surface area contributed by atoms with Crippen LogP contribution in [-0.4, -0.2) is 31.3 Å². The fraction of sp³-hybridized carbons (Fsp3) is 0.320. The SMILES string of the molecule is CCN(/C=C/N(Cc1ncccc1C)Cc1ncccc1C)Cc1ncccc1C. The minimum Gasteiger partial charge on any atom is -0.371 e. The predicted molar refractivity (Wildman–Crippen MR) is 121 cm³/mol. The van der Waals surface area contributed by atoms with Gasteiger partial charge in [-0.1, -0.05) is 18.2 Å². The maximum atomic E-state index is 4.59. The summed E-state index contributed by atoms with van der Waals surface area (Å²) in [5.41, 5.74) is 6.89. The first-order chi connectivity index (χ1) is 14.6. The van der Waals surface area contributed by atoms with Gasteiger partial charge in [0.25, 0.3) is 0 Å². The van der Waals surface area contributed by atoms with Gasteiger partial charge < -0.3 is 9.80 Å². The van der Waals surface area contributed by atoms with Crippen molar-refractivity contribution in [2.45, 2.75) is 47.3 Å². The molecule has 3 rings (SSSR count). The molecule has 156 valence electrons. The first-order valence-corrected chi connectivity index (χ1v) is 10.4. The molecular weight excluding hydrogens is 370 g/mol. The lowest BCUT2D eigenvalue weighted by Gasteiger charge is -2.24. The van der Waals surface area contributed by atoms with Gasteiger partial charge in [-0.25, -0.2) is 0 Å². The van der Waals surface area contributed by atoms with Gasteiger partial charge in [0.2, 0.25) is 0 Å². The zero-order valence-electron chi connectivity index (χ0n) is 18.4. The van der Waals surface area contributed by atoms with Crippen molar-refractivity contribution < 1.29 is 0 Å². The van der Waals surface area contributed by atoms with Crippen molar-refractivity contribution in [3.05, 3.63) is 101 Å². The van der Waals surface area contributed by atoms with Crippen molar-refractivity contribution in [3.8, 4) is 0 Å². The van der Waals surface area contributed by atoms with Crippen molar-refractivity contribution in [2.24, 2.45) is 0 Å². The number of aryl methyl sites for hydroxylation is 3. The number of pyridine rings is 3. The van der Waals surface area contributed by atoms with Crippen LogP contribution < -0.4 is 0 Å². The molecule has 3 aromatic rings. The molecule has 0 saturated carbocycles. The Kier molecular flexibility index (Phi) is 7.55. The molecule has 0 spiro atoms. The Hall–Kier alpha value is -3.21. The van der Waals surface area contributed by atoms with Gasteiger partial charge in [0.15, 0.2) is 0 Å². The lowest BCUT2D eigenvalue weighted by molar-refractivity contribution is 0.326. The Balaban J connectivity index is 1.80. The van der Waals surface area contributed by atoms with E-state index in [1.165, 1.54) is 16.7 Å². The Morgan fingerprint density at radius 1 is 0.633 bits per heavy atom. The van der Waals surface area contributed by atoms with Crippen LogP contribution in [-0.2, 0) is 19.6 Å². The summed E-state index contributed by atoms with van der Waals surface area (Å²) >= 11 is 0. The molecule has 5 nitrogen and oxygen atoms in total. The van der Waals surface area contributed by atoms with Gasteiger partial charge >= 0.3 is 0 Å². The predicted octanol–water partition coefficient (Wildman–Crippen LogP) is 4.79. The highest BCUT2D eigenvalue weighted by Crippen LogP contribution is 2.14. The summed E-state index contributed by atoms with van der Waals surface area (Å²) in [6.45, 7) is 11.7. The molecule has 0 N–H and O–H groups in total. The number of hydrogen-bond acceptors (Lipinski definition) is 5. The van der Waals surface area contributed by atoms with Gasteiger partial charge in [-0.2, -0.15) is 0 Å². The summed E-state index contributed by atoms with van der Waals surface area (Å²) in [5.74, 6) is 0. The topological polar surface area (TPSA) is 45.2 Å². The summed E-state index contributed by atoms with van der Waals surface area (Å²) in [7, 11) is 0. The zero-order chi connectivity index (χ0) is 21.3. The van der Waals surface area contributed by atoms with Gasteiger partial charge in [0.05, 0.1) is 36.7 Å². The van der Waals surface area contributed by atoms with E-state index in [1.807, 2.05) is 36.8 Å². The first kappa shape index (κ1) is 21.5. The van der Waals surface area contributed by atoms with Gasteiger partial charge in [0.1, 0.15) is 0 Å². The van der Waals surface area contributed by atoms with Crippen LogP contribution in [0.1, 0.15) is 40.7 Å². The van der Waals surface area contributed by atoms with E-state index in [4.69, 9.17) is 0 Å². The summed E-state index contributed by atoms with van der Waals surface area (Å²) in [4.78, 5) is 18.3. The fourth-order valence-corrected chi connectivity index (χ4v) is 3.25. The van der Waals surface area contributed by atoms with Crippen molar-refractivity contribution in [3.63, 3.8) is 0 Å². The molecule has 0 radical (unpaired) electrons. The second-order valence-corrected chi connectivity index (χ2v) is 7.57. The molecule has 30 heavy (non-hydrogen) atoms. The molecule has 3 aromatic heterocycles. The van der Waals surface area contributed by atoms with Crippen molar-refractivity contribution in [2.75, 3.05) is 6.54 Å². The summed E-state index contributed by atoms with van der Waals surface area (Å²) in [5, 5.41) is 0. The number of nitrogens with zero attached hydrogens (tertiary/aromatic N) is 5. The van der Waals surface area contributed by atoms with Crippen molar-refractivity contribution >= 4 is 0 Å². The van der Waals surface area contributed by atoms with Crippen LogP contribution in [0.4, 0.5) is 0 Å². The maximum Gasteiger partial charge on any atom is 0.0625 e. The standard InChI is InChI=1S/C25H31N5/c1-5-29(17-23-20(2)9-6-12-26-23)15-16-30(18-24-21(3)10-7-13-27-24)19-25-22(4)11-8-14-28-25/h6-16H,5,17-19H2,1-4H3/b16-15+. The average Bonchev–Trinajstić information content (AvgIpc) is 2.75. The number of rotatable bonds is 9. The lowest BCUT2D eigenvalue weighted by Crippen LogP contribution is -2.22. The van der Waals surface area contributed by atoms with Crippen molar-refractivity contribution in [1.82, 2.24) is 24.8 Å². The molecule has 0 fully saturated rings. The smallest absolute Gasteiger partial charge is 0.0625 e. The molecule has 3 heterocycles. The molecule has 0 aliphatic heterocycles. The third kappa shape index (κ3) is 5.89. The third-order valence-electron chi connectivity index (χ3n) is 5.31. The number of hydrogen-bond donors (Lipinski definition) is 0. The summed E-state index contributed by atoms with van der Waals surface area (Å²) in [6.07, 6.45) is 9.89. The Morgan fingerprint density at radius 2 is 1.00 bits per heavy atom. The second kappa shape index (κ2) is 10.5. The van der Waals surface area contributed by atoms with Crippen LogP contribution in [0.5, 0.6) is 0 Å². The van der Waals surface area contributed by atoms with E-state index in [0.717, 1.165) is 43.3 Å². The van der Waals surface area contributed by atoms with Crippen LogP contribution in [0.25, 0.3) is 0 Å². The van der Waals surface area contributed by atoms with Crippen LogP contribution in [0, 0.1) is 20.8 Å². The van der Waals surface area contributed by atoms with E-state index in [2.05, 4.69) is 83.0 Å². The molecular formula is C25H31N5. The van der Waals surface area contributed by atoms with Crippen LogP contribution >= 0.6 is 0 Å². The van der Waals surface area contributed by atoms with E-state index in [1.54, 1.807) is 0 Å². The molecule has 0 bridgehead atoms. The first-order valence-electron chi connectivity index (χ1n) is 10.4. The molecule has 0 saturated heterocycles. The lowest BCUT2D eigenvalue weighted by atomic mass is 10.2. The maximum absolute atomic E-state index is 4.59. The zero-order valence-corrected chi connectivity index (χ0v) is 18.4. The van der Waals surface area contributed by atoms with Gasteiger partial charge in [-0.05, 0) is 62.6 Å². The van der Waals surface area contributed by atoms with Crippen LogP contribution in [0.3, 0.4) is 0 Å². The van der Waals surface area contributed by atoms with E-state index in [9.17, 15) is 0 Å². The molecule has 0 atom stereocenters. The van der Waals surface area contributed by atoms with Crippen LogP contribution in [0.15, 0.2) is 67.4 Å². The molecule has 5 heteroatoms. The van der Waals surface area contributed by atoms with E-state index in [-0.39, 0.29) is 0 Å². The number of aromatic nitrogens is 3. The highest BCUT2D eigenvalue weighted by molar-refractivity contribution is 5.21. The molecule has 0 aromatic carbocycles. The van der Waals surface area contributed by atoms with Crippen molar-refractivity contribution in [1.29, 1.82) is 0 Å². The summed E-state index contributed by atoms with van der Waals surface area (Å²) in [6, 6.07) is 12.3. The third-order valence-corrected chi connectivity index (χ3v) is 5.31. The van der Waals surface area contributed by atoms with E-state index >= 15 is 0 Å². The quantitative estimate of drug-likeness (QED) is 0.516. The van der Waals surface area contributed by atoms with Gasteiger partial charge in [-0.15, -0.1) is 0 Å². The van der Waals surface area contributed by atoms with E-state index < -0.39 is 0 Å². The molecule has 0 amide bonds. The minimum absolute atomic E-state index is 0.735. The summed E-state index contributed by atoms with van der Waals surface area (Å²) < 4.78 is 0. The Morgan fingerprint density at radius 3 is 1.37 bits per heavy atom. The van der Waals surface area contributed by atoms with Crippen LogP contribution in [0.2, 0.25) is 0 Å².